The minimum atomic E-state index is -0.359. The quantitative estimate of drug-likeness (QED) is 0.388. The van der Waals surface area contributed by atoms with Gasteiger partial charge in [0.15, 0.2) is 0 Å². The molecule has 7 heteroatoms. The Labute approximate surface area is 175 Å². The number of aryl methyl sites for hydroxylation is 1. The number of carbonyl (C=O) groups excluding carboxylic acids is 1. The fourth-order valence-corrected chi connectivity index (χ4v) is 3.19. The molecule has 1 aromatic heterocycles. The second-order valence-corrected chi connectivity index (χ2v) is 7.40. The lowest BCUT2D eigenvalue weighted by molar-refractivity contribution is 0.0954. The first-order chi connectivity index (χ1) is 13.0. The monoisotopic (exact) mass is 461 g/mol. The molecule has 0 saturated carbocycles. The summed E-state index contributed by atoms with van der Waals surface area (Å²) in [6.07, 6.45) is 1.42. The van der Waals surface area contributed by atoms with E-state index in [1.807, 2.05) is 24.3 Å². The van der Waals surface area contributed by atoms with Gasteiger partial charge in [-0.05, 0) is 43.3 Å². The van der Waals surface area contributed by atoms with Crippen molar-refractivity contribution in [1.29, 1.82) is 0 Å². The SMILES string of the molecule is Cc1nc(-c2ccc(Br)cc2)ccc1C(=O)N/N=C/c1c(Cl)cccc1Cl. The van der Waals surface area contributed by atoms with Crippen LogP contribution in [0.5, 0.6) is 0 Å². The molecule has 0 fully saturated rings. The highest BCUT2D eigenvalue weighted by Crippen LogP contribution is 2.23. The Morgan fingerprint density at radius 3 is 2.37 bits per heavy atom. The predicted octanol–water partition coefficient (Wildman–Crippen LogP) is 5.89. The van der Waals surface area contributed by atoms with Gasteiger partial charge in [0.25, 0.3) is 5.91 Å². The van der Waals surface area contributed by atoms with E-state index in [0.29, 0.717) is 26.9 Å². The van der Waals surface area contributed by atoms with E-state index in [1.54, 1.807) is 37.3 Å². The maximum Gasteiger partial charge on any atom is 0.273 e. The standard InChI is InChI=1S/C20H14BrCl2N3O/c1-12-15(9-10-19(25-12)13-5-7-14(21)8-6-13)20(27)26-24-11-16-17(22)3-2-4-18(16)23/h2-11H,1H3,(H,26,27)/b24-11+. The van der Waals surface area contributed by atoms with Crippen LogP contribution in [-0.2, 0) is 0 Å². The largest absolute Gasteiger partial charge is 0.273 e. The van der Waals surface area contributed by atoms with E-state index < -0.39 is 0 Å². The number of carbonyl (C=O) groups is 1. The second-order valence-electron chi connectivity index (χ2n) is 5.67. The molecule has 1 heterocycles. The zero-order valence-electron chi connectivity index (χ0n) is 14.2. The molecule has 136 valence electrons. The highest BCUT2D eigenvalue weighted by molar-refractivity contribution is 9.10. The van der Waals surface area contributed by atoms with Crippen molar-refractivity contribution in [2.45, 2.75) is 6.92 Å². The Bertz CT molecular complexity index is 1000. The number of hydrazone groups is 1. The van der Waals surface area contributed by atoms with E-state index >= 15 is 0 Å². The van der Waals surface area contributed by atoms with Gasteiger partial charge in [0, 0.05) is 15.6 Å². The van der Waals surface area contributed by atoms with Gasteiger partial charge in [0.05, 0.1) is 33.2 Å². The van der Waals surface area contributed by atoms with E-state index in [-0.39, 0.29) is 5.91 Å². The number of nitrogens with one attached hydrogen (secondary N) is 1. The lowest BCUT2D eigenvalue weighted by Gasteiger charge is -2.07. The summed E-state index contributed by atoms with van der Waals surface area (Å²) in [5.41, 5.74) is 5.84. The average Bonchev–Trinajstić information content (AvgIpc) is 2.64. The van der Waals surface area contributed by atoms with Crippen molar-refractivity contribution in [3.05, 3.63) is 85.9 Å². The van der Waals surface area contributed by atoms with Crippen LogP contribution in [0.1, 0.15) is 21.6 Å². The van der Waals surface area contributed by atoms with Gasteiger partial charge in [0.1, 0.15) is 0 Å². The molecule has 0 radical (unpaired) electrons. The molecular formula is C20H14BrCl2N3O. The van der Waals surface area contributed by atoms with Crippen molar-refractivity contribution in [1.82, 2.24) is 10.4 Å². The first kappa shape index (κ1) is 19.5. The molecule has 0 bridgehead atoms. The highest BCUT2D eigenvalue weighted by Gasteiger charge is 2.11. The lowest BCUT2D eigenvalue weighted by atomic mass is 10.1. The third kappa shape index (κ3) is 4.75. The Morgan fingerprint density at radius 1 is 1.07 bits per heavy atom. The molecule has 0 unspecified atom stereocenters. The number of amides is 1. The topological polar surface area (TPSA) is 54.4 Å². The van der Waals surface area contributed by atoms with Crippen LogP contribution in [0.3, 0.4) is 0 Å². The fourth-order valence-electron chi connectivity index (χ4n) is 2.43. The van der Waals surface area contributed by atoms with E-state index in [0.717, 1.165) is 15.7 Å². The van der Waals surface area contributed by atoms with Crippen LogP contribution < -0.4 is 5.43 Å². The molecule has 0 aliphatic rings. The number of hydrogen-bond donors (Lipinski definition) is 1. The van der Waals surface area contributed by atoms with Crippen molar-refractivity contribution in [2.75, 3.05) is 0 Å². The summed E-state index contributed by atoms with van der Waals surface area (Å²) < 4.78 is 0.996. The third-order valence-corrected chi connectivity index (χ3v) is 5.02. The maximum absolute atomic E-state index is 12.4. The normalized spacial score (nSPS) is 11.0. The highest BCUT2D eigenvalue weighted by atomic mass is 79.9. The average molecular weight is 463 g/mol. The number of hydrogen-bond acceptors (Lipinski definition) is 3. The summed E-state index contributed by atoms with van der Waals surface area (Å²) in [4.78, 5) is 16.9. The van der Waals surface area contributed by atoms with Crippen LogP contribution in [0.25, 0.3) is 11.3 Å². The van der Waals surface area contributed by atoms with Crippen molar-refractivity contribution in [3.63, 3.8) is 0 Å². The summed E-state index contributed by atoms with van der Waals surface area (Å²) >= 11 is 15.6. The molecule has 3 aromatic rings. The molecule has 3 rings (SSSR count). The molecule has 2 aromatic carbocycles. The van der Waals surface area contributed by atoms with Crippen LogP contribution in [0, 0.1) is 6.92 Å². The number of pyridine rings is 1. The van der Waals surface area contributed by atoms with Crippen molar-refractivity contribution < 1.29 is 4.79 Å². The summed E-state index contributed by atoms with van der Waals surface area (Å²) in [5, 5.41) is 4.86. The molecule has 0 spiro atoms. The van der Waals surface area contributed by atoms with Crippen molar-refractivity contribution >= 4 is 51.3 Å². The Balaban J connectivity index is 1.75. The summed E-state index contributed by atoms with van der Waals surface area (Å²) in [6, 6.07) is 16.5. The van der Waals surface area contributed by atoms with Crippen LogP contribution in [0.4, 0.5) is 0 Å². The molecule has 0 atom stereocenters. The molecule has 0 aliphatic heterocycles. The first-order valence-corrected chi connectivity index (χ1v) is 9.51. The lowest BCUT2D eigenvalue weighted by Crippen LogP contribution is -2.19. The number of nitrogens with zero attached hydrogens (tertiary/aromatic N) is 2. The van der Waals surface area contributed by atoms with Gasteiger partial charge < -0.3 is 0 Å². The van der Waals surface area contributed by atoms with Crippen LogP contribution >= 0.6 is 39.1 Å². The van der Waals surface area contributed by atoms with Crippen LogP contribution in [0.2, 0.25) is 10.0 Å². The zero-order chi connectivity index (χ0) is 19.4. The Hall–Kier alpha value is -2.21. The zero-order valence-corrected chi connectivity index (χ0v) is 17.3. The van der Waals surface area contributed by atoms with Gasteiger partial charge in [-0.1, -0.05) is 57.3 Å². The number of rotatable bonds is 4. The van der Waals surface area contributed by atoms with Gasteiger partial charge in [-0.15, -0.1) is 0 Å². The molecule has 0 saturated heterocycles. The summed E-state index contributed by atoms with van der Waals surface area (Å²) in [7, 11) is 0. The first-order valence-electron chi connectivity index (χ1n) is 7.96. The summed E-state index contributed by atoms with van der Waals surface area (Å²) in [6.45, 7) is 1.78. The molecule has 1 N–H and O–H groups in total. The van der Waals surface area contributed by atoms with Gasteiger partial charge in [-0.2, -0.15) is 5.10 Å². The Kier molecular flexibility index (Phi) is 6.26. The maximum atomic E-state index is 12.4. The number of benzene rings is 2. The van der Waals surface area contributed by atoms with Gasteiger partial charge in [-0.25, -0.2) is 5.43 Å². The number of halogens is 3. The van der Waals surface area contributed by atoms with Crippen molar-refractivity contribution in [3.8, 4) is 11.3 Å². The van der Waals surface area contributed by atoms with Gasteiger partial charge in [-0.3, -0.25) is 9.78 Å². The molecule has 4 nitrogen and oxygen atoms in total. The molecule has 0 aliphatic carbocycles. The minimum Gasteiger partial charge on any atom is -0.267 e. The smallest absolute Gasteiger partial charge is 0.267 e. The van der Waals surface area contributed by atoms with E-state index in [9.17, 15) is 4.79 Å². The molecule has 27 heavy (non-hydrogen) atoms. The van der Waals surface area contributed by atoms with Crippen LogP contribution in [0.15, 0.2) is 64.2 Å². The van der Waals surface area contributed by atoms with E-state index in [4.69, 9.17) is 23.2 Å². The predicted molar refractivity (Wildman–Crippen MR) is 114 cm³/mol. The fraction of sp³-hybridized carbons (Fsp3) is 0.0500. The van der Waals surface area contributed by atoms with E-state index in [2.05, 4.69) is 31.4 Å². The number of aromatic nitrogens is 1. The summed E-state index contributed by atoms with van der Waals surface area (Å²) in [5.74, 6) is -0.359. The van der Waals surface area contributed by atoms with E-state index in [1.165, 1.54) is 6.21 Å². The van der Waals surface area contributed by atoms with Crippen molar-refractivity contribution in [2.24, 2.45) is 5.10 Å². The van der Waals surface area contributed by atoms with Crippen LogP contribution in [-0.4, -0.2) is 17.1 Å². The minimum absolute atomic E-state index is 0.359. The van der Waals surface area contributed by atoms with Gasteiger partial charge >= 0.3 is 0 Å². The van der Waals surface area contributed by atoms with Gasteiger partial charge in [0.2, 0.25) is 0 Å². The second kappa shape index (κ2) is 8.65. The Morgan fingerprint density at radius 2 is 1.74 bits per heavy atom. The molecule has 1 amide bonds. The third-order valence-electron chi connectivity index (χ3n) is 3.83. The molecular weight excluding hydrogens is 449 g/mol.